The average molecular weight is 546 g/mol. The first kappa shape index (κ1) is 24.5. The molecule has 1 aliphatic carbocycles. The summed E-state index contributed by atoms with van der Waals surface area (Å²) in [5.41, 5.74) is 2.36. The van der Waals surface area contributed by atoms with E-state index in [1.54, 1.807) is 44.3 Å². The van der Waals surface area contributed by atoms with Gasteiger partial charge in [-0.1, -0.05) is 24.3 Å². The number of nitrogens with one attached hydrogen (secondary N) is 3. The van der Waals surface area contributed by atoms with Gasteiger partial charge >= 0.3 is 0 Å². The van der Waals surface area contributed by atoms with Gasteiger partial charge in [0.2, 0.25) is 10.0 Å². The third-order valence-electron chi connectivity index (χ3n) is 4.87. The molecule has 3 rings (SSSR count). The van der Waals surface area contributed by atoms with Crippen LogP contribution in [-0.4, -0.2) is 27.5 Å². The van der Waals surface area contributed by atoms with E-state index in [1.807, 2.05) is 13.0 Å². The molecular formula is C21H28FIN4O2S. The molecule has 3 N–H and O–H groups in total. The molecule has 30 heavy (non-hydrogen) atoms. The maximum atomic E-state index is 13.8. The predicted molar refractivity (Wildman–Crippen MR) is 128 cm³/mol. The number of sulfonamides is 1. The highest BCUT2D eigenvalue weighted by Crippen LogP contribution is 2.22. The van der Waals surface area contributed by atoms with Crippen molar-refractivity contribution in [2.45, 2.75) is 50.2 Å². The molecule has 9 heteroatoms. The maximum absolute atomic E-state index is 13.8. The summed E-state index contributed by atoms with van der Waals surface area (Å²) < 4.78 is 40.9. The number of aliphatic imine (C=N–C) groups is 1. The van der Waals surface area contributed by atoms with Crippen molar-refractivity contribution in [3.63, 3.8) is 0 Å². The van der Waals surface area contributed by atoms with Gasteiger partial charge in [-0.05, 0) is 61.6 Å². The first-order chi connectivity index (χ1) is 13.8. The van der Waals surface area contributed by atoms with Crippen LogP contribution >= 0.6 is 24.0 Å². The van der Waals surface area contributed by atoms with E-state index >= 15 is 0 Å². The van der Waals surface area contributed by atoms with Gasteiger partial charge in [-0.15, -0.1) is 24.0 Å². The molecule has 0 radical (unpaired) electrons. The molecule has 1 atom stereocenters. The van der Waals surface area contributed by atoms with Crippen molar-refractivity contribution < 1.29 is 12.8 Å². The fourth-order valence-corrected chi connectivity index (χ4v) is 4.13. The molecule has 0 spiro atoms. The number of rotatable bonds is 7. The lowest BCUT2D eigenvalue weighted by Crippen LogP contribution is -2.38. The van der Waals surface area contributed by atoms with Crippen molar-refractivity contribution in [2.24, 2.45) is 4.99 Å². The Morgan fingerprint density at radius 3 is 2.43 bits per heavy atom. The topological polar surface area (TPSA) is 82.6 Å². The SMILES string of the molecule is CN=C(NCc1ccc(S(=O)(=O)NC2CC2)cc1)NC(C)c1ccc(C)c(F)c1.I. The van der Waals surface area contributed by atoms with Crippen LogP contribution in [0.4, 0.5) is 4.39 Å². The number of halogens is 2. The minimum absolute atomic E-state index is 0. The van der Waals surface area contributed by atoms with Gasteiger partial charge in [-0.25, -0.2) is 17.5 Å². The molecule has 1 unspecified atom stereocenters. The quantitative estimate of drug-likeness (QED) is 0.282. The summed E-state index contributed by atoms with van der Waals surface area (Å²) in [6, 6.07) is 11.9. The van der Waals surface area contributed by atoms with E-state index in [0.29, 0.717) is 18.1 Å². The summed E-state index contributed by atoms with van der Waals surface area (Å²) in [4.78, 5) is 4.47. The lowest BCUT2D eigenvalue weighted by atomic mass is 10.1. The second-order valence-electron chi connectivity index (χ2n) is 7.34. The van der Waals surface area contributed by atoms with E-state index in [9.17, 15) is 12.8 Å². The lowest BCUT2D eigenvalue weighted by molar-refractivity contribution is 0.581. The number of hydrogen-bond acceptors (Lipinski definition) is 3. The molecule has 2 aromatic rings. The first-order valence-corrected chi connectivity index (χ1v) is 11.1. The minimum atomic E-state index is -3.44. The first-order valence-electron chi connectivity index (χ1n) is 9.63. The van der Waals surface area contributed by atoms with Crippen LogP contribution in [0.5, 0.6) is 0 Å². The van der Waals surface area contributed by atoms with Crippen LogP contribution < -0.4 is 15.4 Å². The molecule has 164 valence electrons. The molecular weight excluding hydrogens is 518 g/mol. The lowest BCUT2D eigenvalue weighted by Gasteiger charge is -2.19. The predicted octanol–water partition coefficient (Wildman–Crippen LogP) is 3.62. The highest BCUT2D eigenvalue weighted by Gasteiger charge is 2.27. The van der Waals surface area contributed by atoms with Gasteiger partial charge in [0.25, 0.3) is 0 Å². The Morgan fingerprint density at radius 2 is 1.87 bits per heavy atom. The summed E-state index contributed by atoms with van der Waals surface area (Å²) in [5, 5.41) is 6.42. The second-order valence-corrected chi connectivity index (χ2v) is 9.05. The summed E-state index contributed by atoms with van der Waals surface area (Å²) in [5.74, 6) is 0.343. The normalized spacial score (nSPS) is 15.3. The van der Waals surface area contributed by atoms with Crippen LogP contribution in [0.1, 0.15) is 42.5 Å². The van der Waals surface area contributed by atoms with Crippen molar-refractivity contribution in [1.29, 1.82) is 0 Å². The molecule has 1 fully saturated rings. The highest BCUT2D eigenvalue weighted by atomic mass is 127. The summed E-state index contributed by atoms with van der Waals surface area (Å²) in [6.07, 6.45) is 1.81. The third-order valence-corrected chi connectivity index (χ3v) is 6.40. The van der Waals surface area contributed by atoms with Crippen LogP contribution in [-0.2, 0) is 16.6 Å². The van der Waals surface area contributed by atoms with Gasteiger partial charge in [0, 0.05) is 19.6 Å². The standard InChI is InChI=1S/C21H27FN4O2S.HI/c1-14-4-7-17(12-20(14)22)15(2)25-21(23-3)24-13-16-5-10-19(11-6-16)29(27,28)26-18-8-9-18;/h4-7,10-12,15,18,26H,8-9,13H2,1-3H3,(H2,23,24,25);1H. The molecule has 1 saturated carbocycles. The fraction of sp³-hybridized carbons (Fsp3) is 0.381. The average Bonchev–Trinajstić information content (AvgIpc) is 3.50. The molecule has 2 aromatic carbocycles. The summed E-state index contributed by atoms with van der Waals surface area (Å²) in [6.45, 7) is 4.14. The zero-order chi connectivity index (χ0) is 21.0. The Bertz CT molecular complexity index is 993. The molecule has 0 amide bonds. The number of benzene rings is 2. The van der Waals surface area contributed by atoms with Crippen LogP contribution in [0, 0.1) is 12.7 Å². The second kappa shape index (κ2) is 10.5. The zero-order valence-corrected chi connectivity index (χ0v) is 20.4. The molecule has 0 aromatic heterocycles. The number of guanidine groups is 1. The molecule has 1 aliphatic rings. The zero-order valence-electron chi connectivity index (χ0n) is 17.3. The van der Waals surface area contributed by atoms with E-state index in [0.717, 1.165) is 24.0 Å². The van der Waals surface area contributed by atoms with Gasteiger partial charge in [0.05, 0.1) is 10.9 Å². The molecule has 0 aliphatic heterocycles. The number of nitrogens with zero attached hydrogens (tertiary/aromatic N) is 1. The van der Waals surface area contributed by atoms with Gasteiger partial charge in [0.15, 0.2) is 5.96 Å². The van der Waals surface area contributed by atoms with Crippen molar-refractivity contribution in [3.8, 4) is 0 Å². The monoisotopic (exact) mass is 546 g/mol. The Hall–Kier alpha value is -1.72. The molecule has 6 nitrogen and oxygen atoms in total. The highest BCUT2D eigenvalue weighted by molar-refractivity contribution is 14.0. The van der Waals surface area contributed by atoms with E-state index in [2.05, 4.69) is 20.3 Å². The molecule has 0 saturated heterocycles. The third kappa shape index (κ3) is 6.64. The van der Waals surface area contributed by atoms with E-state index < -0.39 is 10.0 Å². The minimum Gasteiger partial charge on any atom is -0.352 e. The smallest absolute Gasteiger partial charge is 0.240 e. The Kier molecular flexibility index (Phi) is 8.62. The van der Waals surface area contributed by atoms with Crippen molar-refractivity contribution in [2.75, 3.05) is 7.05 Å². The number of hydrogen-bond donors (Lipinski definition) is 3. The Balaban J connectivity index is 0.00000320. The Labute approximate surface area is 194 Å². The van der Waals surface area contributed by atoms with E-state index in [4.69, 9.17) is 0 Å². The fourth-order valence-electron chi connectivity index (χ4n) is 2.82. The number of aryl methyl sites for hydroxylation is 1. The van der Waals surface area contributed by atoms with Crippen LogP contribution in [0.3, 0.4) is 0 Å². The maximum Gasteiger partial charge on any atom is 0.240 e. The van der Waals surface area contributed by atoms with Crippen molar-refractivity contribution >= 4 is 40.0 Å². The van der Waals surface area contributed by atoms with E-state index in [-0.39, 0.29) is 46.8 Å². The van der Waals surface area contributed by atoms with Crippen molar-refractivity contribution in [3.05, 3.63) is 65.0 Å². The van der Waals surface area contributed by atoms with Crippen LogP contribution in [0.15, 0.2) is 52.4 Å². The molecule has 0 heterocycles. The van der Waals surface area contributed by atoms with Gasteiger partial charge in [-0.3, -0.25) is 4.99 Å². The van der Waals surface area contributed by atoms with Crippen LogP contribution in [0.2, 0.25) is 0 Å². The molecule has 0 bridgehead atoms. The van der Waals surface area contributed by atoms with Gasteiger partial charge in [0.1, 0.15) is 5.82 Å². The van der Waals surface area contributed by atoms with Crippen molar-refractivity contribution in [1.82, 2.24) is 15.4 Å². The van der Waals surface area contributed by atoms with Gasteiger partial charge in [-0.2, -0.15) is 0 Å². The largest absolute Gasteiger partial charge is 0.352 e. The van der Waals surface area contributed by atoms with Gasteiger partial charge < -0.3 is 10.6 Å². The summed E-state index contributed by atoms with van der Waals surface area (Å²) >= 11 is 0. The van der Waals surface area contributed by atoms with Crippen LogP contribution in [0.25, 0.3) is 0 Å². The summed E-state index contributed by atoms with van der Waals surface area (Å²) in [7, 11) is -1.78. The Morgan fingerprint density at radius 1 is 1.20 bits per heavy atom. The van der Waals surface area contributed by atoms with E-state index in [1.165, 1.54) is 6.07 Å².